The molecule has 0 saturated heterocycles. The molecule has 1 aromatic heterocycles. The van der Waals surface area contributed by atoms with E-state index < -0.39 is 11.7 Å². The lowest BCUT2D eigenvalue weighted by molar-refractivity contribution is -0.137. The summed E-state index contributed by atoms with van der Waals surface area (Å²) in [5.41, 5.74) is -0.420. The number of aromatic nitrogens is 1. The van der Waals surface area contributed by atoms with Gasteiger partial charge >= 0.3 is 6.18 Å². The first-order valence-corrected chi connectivity index (χ1v) is 6.98. The van der Waals surface area contributed by atoms with Gasteiger partial charge in [-0.05, 0) is 30.3 Å². The number of hydrogen-bond acceptors (Lipinski definition) is 4. The predicted molar refractivity (Wildman–Crippen MR) is 80.0 cm³/mol. The Morgan fingerprint density at radius 2 is 1.88 bits per heavy atom. The number of nitrogens with one attached hydrogen (secondary N) is 1. The van der Waals surface area contributed by atoms with E-state index in [0.717, 1.165) is 12.1 Å². The number of methoxy groups -OCH3 is 1. The number of rotatable bonds is 6. The van der Waals surface area contributed by atoms with Crippen molar-refractivity contribution in [3.8, 4) is 11.6 Å². The maximum atomic E-state index is 12.5. The molecule has 128 valence electrons. The van der Waals surface area contributed by atoms with Crippen LogP contribution in [-0.4, -0.2) is 31.2 Å². The molecule has 1 amide bonds. The average Bonchev–Trinajstić information content (AvgIpc) is 2.55. The molecule has 0 atom stereocenters. The number of carbonyl (C=O) groups excluding carboxylic acids is 1. The number of benzene rings is 1. The Morgan fingerprint density at radius 3 is 2.42 bits per heavy atom. The van der Waals surface area contributed by atoms with E-state index in [9.17, 15) is 18.0 Å². The first kappa shape index (κ1) is 17.7. The molecule has 0 bridgehead atoms. The number of halogens is 3. The zero-order valence-corrected chi connectivity index (χ0v) is 12.8. The molecule has 0 aliphatic rings. The van der Waals surface area contributed by atoms with Gasteiger partial charge in [0.2, 0.25) is 5.88 Å². The van der Waals surface area contributed by atoms with Crippen LogP contribution in [0.15, 0.2) is 42.6 Å². The lowest BCUT2D eigenvalue weighted by atomic mass is 10.2. The van der Waals surface area contributed by atoms with E-state index in [1.54, 1.807) is 12.1 Å². The van der Waals surface area contributed by atoms with E-state index in [2.05, 4.69) is 10.3 Å². The van der Waals surface area contributed by atoms with Gasteiger partial charge in [-0.3, -0.25) is 4.79 Å². The molecule has 2 rings (SSSR count). The molecule has 0 saturated carbocycles. The monoisotopic (exact) mass is 340 g/mol. The Kier molecular flexibility index (Phi) is 5.75. The normalized spacial score (nSPS) is 11.2. The van der Waals surface area contributed by atoms with Gasteiger partial charge in [0.15, 0.2) is 0 Å². The molecule has 0 aliphatic heterocycles. The molecule has 2 aromatic rings. The molecule has 1 aromatic carbocycles. The zero-order valence-electron chi connectivity index (χ0n) is 12.8. The maximum Gasteiger partial charge on any atom is 0.417 e. The lowest BCUT2D eigenvalue weighted by Gasteiger charge is -2.09. The summed E-state index contributed by atoms with van der Waals surface area (Å²) in [6, 6.07) is 8.17. The van der Waals surface area contributed by atoms with Gasteiger partial charge in [0.05, 0.1) is 12.2 Å². The molecule has 1 heterocycles. The largest absolute Gasteiger partial charge is 0.439 e. The maximum absolute atomic E-state index is 12.5. The summed E-state index contributed by atoms with van der Waals surface area (Å²) in [4.78, 5) is 15.4. The van der Waals surface area contributed by atoms with Crippen LogP contribution in [0.2, 0.25) is 0 Å². The smallest absolute Gasteiger partial charge is 0.417 e. The number of pyridine rings is 1. The highest BCUT2D eigenvalue weighted by atomic mass is 19.4. The van der Waals surface area contributed by atoms with Gasteiger partial charge < -0.3 is 14.8 Å². The molecule has 0 radical (unpaired) electrons. The van der Waals surface area contributed by atoms with Crippen LogP contribution in [0.5, 0.6) is 11.6 Å². The Labute approximate surface area is 136 Å². The number of ether oxygens (including phenoxy) is 2. The highest BCUT2D eigenvalue weighted by molar-refractivity contribution is 5.94. The summed E-state index contributed by atoms with van der Waals surface area (Å²) in [7, 11) is 1.54. The average molecular weight is 340 g/mol. The van der Waals surface area contributed by atoms with E-state index >= 15 is 0 Å². The van der Waals surface area contributed by atoms with Crippen LogP contribution in [-0.2, 0) is 10.9 Å². The van der Waals surface area contributed by atoms with Crippen molar-refractivity contribution in [3.05, 3.63) is 53.7 Å². The van der Waals surface area contributed by atoms with Gasteiger partial charge in [0, 0.05) is 31.5 Å². The standard InChI is InChI=1S/C16H15F3N2O3/c1-23-9-8-20-15(22)11-2-5-13(6-3-11)24-14-7-4-12(10-21-14)16(17,18)19/h2-7,10H,8-9H2,1H3,(H,20,22). The number of amides is 1. The second-order valence-electron chi connectivity index (χ2n) is 4.76. The van der Waals surface area contributed by atoms with Gasteiger partial charge in [0.25, 0.3) is 5.91 Å². The van der Waals surface area contributed by atoms with Crippen LogP contribution in [0.4, 0.5) is 13.2 Å². The second-order valence-corrected chi connectivity index (χ2v) is 4.76. The number of alkyl halides is 3. The van der Waals surface area contributed by atoms with Crippen LogP contribution < -0.4 is 10.1 Å². The molecule has 24 heavy (non-hydrogen) atoms. The molecule has 0 aliphatic carbocycles. The predicted octanol–water partition coefficient (Wildman–Crippen LogP) is 3.27. The van der Waals surface area contributed by atoms with E-state index in [4.69, 9.17) is 9.47 Å². The third kappa shape index (κ3) is 4.95. The fourth-order valence-corrected chi connectivity index (χ4v) is 1.77. The highest BCUT2D eigenvalue weighted by Gasteiger charge is 2.30. The Hall–Kier alpha value is -2.61. The summed E-state index contributed by atoms with van der Waals surface area (Å²) < 4.78 is 47.5. The fourth-order valence-electron chi connectivity index (χ4n) is 1.77. The van der Waals surface area contributed by atoms with Gasteiger partial charge in [-0.2, -0.15) is 13.2 Å². The molecule has 0 spiro atoms. The third-order valence-corrected chi connectivity index (χ3v) is 2.99. The quantitative estimate of drug-likeness (QED) is 0.820. The van der Waals surface area contributed by atoms with Crippen LogP contribution in [0, 0.1) is 0 Å². The van der Waals surface area contributed by atoms with Gasteiger partial charge in [-0.1, -0.05) is 0 Å². The summed E-state index contributed by atoms with van der Waals surface area (Å²) in [5, 5.41) is 2.67. The molecule has 0 unspecified atom stereocenters. The van der Waals surface area contributed by atoms with Crippen molar-refractivity contribution in [3.63, 3.8) is 0 Å². The second kappa shape index (κ2) is 7.78. The van der Waals surface area contributed by atoms with E-state index in [1.165, 1.54) is 19.2 Å². The van der Waals surface area contributed by atoms with Crippen molar-refractivity contribution in [1.82, 2.24) is 10.3 Å². The first-order valence-electron chi connectivity index (χ1n) is 6.98. The van der Waals surface area contributed by atoms with Crippen molar-refractivity contribution < 1.29 is 27.4 Å². The molecular weight excluding hydrogens is 325 g/mol. The minimum absolute atomic E-state index is 0.0281. The van der Waals surface area contributed by atoms with E-state index in [1.807, 2.05) is 0 Å². The summed E-state index contributed by atoms with van der Waals surface area (Å²) >= 11 is 0. The molecule has 5 nitrogen and oxygen atoms in total. The number of hydrogen-bond donors (Lipinski definition) is 1. The molecular formula is C16H15F3N2O3. The topological polar surface area (TPSA) is 60.5 Å². The lowest BCUT2D eigenvalue weighted by Crippen LogP contribution is -2.26. The van der Waals surface area contributed by atoms with Crippen molar-refractivity contribution in [1.29, 1.82) is 0 Å². The highest BCUT2D eigenvalue weighted by Crippen LogP contribution is 2.30. The van der Waals surface area contributed by atoms with Gasteiger partial charge in [-0.15, -0.1) is 0 Å². The Balaban J connectivity index is 1.97. The van der Waals surface area contributed by atoms with Crippen molar-refractivity contribution in [2.45, 2.75) is 6.18 Å². The molecule has 0 fully saturated rings. The van der Waals surface area contributed by atoms with Crippen LogP contribution in [0.25, 0.3) is 0 Å². The minimum atomic E-state index is -4.44. The van der Waals surface area contributed by atoms with Gasteiger partial charge in [-0.25, -0.2) is 4.98 Å². The van der Waals surface area contributed by atoms with Crippen molar-refractivity contribution in [2.24, 2.45) is 0 Å². The van der Waals surface area contributed by atoms with E-state index in [0.29, 0.717) is 30.7 Å². The number of carbonyl (C=O) groups is 1. The van der Waals surface area contributed by atoms with Crippen LogP contribution in [0.3, 0.4) is 0 Å². The Bertz CT molecular complexity index is 670. The minimum Gasteiger partial charge on any atom is -0.439 e. The zero-order chi connectivity index (χ0) is 17.6. The van der Waals surface area contributed by atoms with Crippen molar-refractivity contribution in [2.75, 3.05) is 20.3 Å². The van der Waals surface area contributed by atoms with E-state index in [-0.39, 0.29) is 11.8 Å². The molecule has 1 N–H and O–H groups in total. The number of nitrogens with zero attached hydrogens (tertiary/aromatic N) is 1. The van der Waals surface area contributed by atoms with Crippen LogP contribution >= 0.6 is 0 Å². The summed E-state index contributed by atoms with van der Waals surface area (Å²) in [5.74, 6) is 0.127. The summed E-state index contributed by atoms with van der Waals surface area (Å²) in [6.07, 6.45) is -3.74. The fraction of sp³-hybridized carbons (Fsp3) is 0.250. The van der Waals surface area contributed by atoms with Crippen molar-refractivity contribution >= 4 is 5.91 Å². The summed E-state index contributed by atoms with van der Waals surface area (Å²) in [6.45, 7) is 0.801. The SMILES string of the molecule is COCCNC(=O)c1ccc(Oc2ccc(C(F)(F)F)cn2)cc1. The first-order chi connectivity index (χ1) is 11.4. The van der Waals surface area contributed by atoms with Gasteiger partial charge in [0.1, 0.15) is 5.75 Å². The Morgan fingerprint density at radius 1 is 1.17 bits per heavy atom. The van der Waals surface area contributed by atoms with Crippen LogP contribution in [0.1, 0.15) is 15.9 Å². The molecule has 8 heteroatoms. The third-order valence-electron chi connectivity index (χ3n) is 2.99.